The summed E-state index contributed by atoms with van der Waals surface area (Å²) in [6.45, 7) is 10.4. The number of hydrogen-bond acceptors (Lipinski definition) is 3. The zero-order valence-electron chi connectivity index (χ0n) is 15.7. The lowest BCUT2D eigenvalue weighted by Gasteiger charge is -2.26. The molecule has 25 heavy (non-hydrogen) atoms. The molecule has 0 saturated carbocycles. The fraction of sp³-hybridized carbons (Fsp3) is 0.409. The molecule has 1 heterocycles. The van der Waals surface area contributed by atoms with Crippen LogP contribution in [-0.4, -0.2) is 13.1 Å². The molecule has 0 fully saturated rings. The van der Waals surface area contributed by atoms with Crippen LogP contribution in [0.25, 0.3) is 5.76 Å². The largest absolute Gasteiger partial charge is 0.466 e. The first-order valence-electron chi connectivity index (χ1n) is 8.91. The van der Waals surface area contributed by atoms with Crippen LogP contribution in [0.3, 0.4) is 0 Å². The van der Waals surface area contributed by atoms with Crippen molar-refractivity contribution in [3.05, 3.63) is 65.5 Å². The molecule has 1 aromatic rings. The third kappa shape index (κ3) is 4.04. The van der Waals surface area contributed by atoms with E-state index >= 15 is 0 Å². The molecular formula is C22H28O3. The van der Waals surface area contributed by atoms with Crippen LogP contribution in [0.1, 0.15) is 57.6 Å². The molecule has 0 N–H and O–H groups in total. The van der Waals surface area contributed by atoms with E-state index in [4.69, 9.17) is 9.47 Å². The molecule has 3 heteroatoms. The third-order valence-electron chi connectivity index (χ3n) is 4.96. The quantitative estimate of drug-likeness (QED) is 0.484. The first-order valence-corrected chi connectivity index (χ1v) is 8.91. The summed E-state index contributed by atoms with van der Waals surface area (Å²) in [6.07, 6.45) is 7.11. The average molecular weight is 340 g/mol. The number of methoxy groups -OCH3 is 1. The summed E-state index contributed by atoms with van der Waals surface area (Å²) in [4.78, 5) is 12.0. The van der Waals surface area contributed by atoms with Gasteiger partial charge >= 0.3 is 5.97 Å². The van der Waals surface area contributed by atoms with Gasteiger partial charge in [0.1, 0.15) is 11.5 Å². The van der Waals surface area contributed by atoms with Crippen LogP contribution in [0.4, 0.5) is 0 Å². The third-order valence-corrected chi connectivity index (χ3v) is 4.96. The zero-order chi connectivity index (χ0) is 18.4. The van der Waals surface area contributed by atoms with Gasteiger partial charge in [0.15, 0.2) is 0 Å². The van der Waals surface area contributed by atoms with E-state index in [9.17, 15) is 4.79 Å². The Hall–Kier alpha value is -2.29. The topological polar surface area (TPSA) is 35.5 Å². The molecule has 0 aliphatic carbocycles. The van der Waals surface area contributed by atoms with Gasteiger partial charge in [0.2, 0.25) is 0 Å². The molecule has 1 atom stereocenters. The summed E-state index contributed by atoms with van der Waals surface area (Å²) >= 11 is 0. The molecular weight excluding hydrogens is 312 g/mol. The van der Waals surface area contributed by atoms with E-state index in [1.165, 1.54) is 12.7 Å². The number of esters is 1. The second-order valence-corrected chi connectivity index (χ2v) is 6.57. The highest BCUT2D eigenvalue weighted by Gasteiger charge is 2.24. The number of carbonyl (C=O) groups is 1. The van der Waals surface area contributed by atoms with Crippen molar-refractivity contribution in [1.82, 2.24) is 0 Å². The zero-order valence-corrected chi connectivity index (χ0v) is 15.7. The fourth-order valence-corrected chi connectivity index (χ4v) is 2.96. The first kappa shape index (κ1) is 19.0. The summed E-state index contributed by atoms with van der Waals surface area (Å²) in [6, 6.07) is 8.37. The Morgan fingerprint density at radius 2 is 2.16 bits per heavy atom. The van der Waals surface area contributed by atoms with Gasteiger partial charge in [0, 0.05) is 23.8 Å². The van der Waals surface area contributed by atoms with Crippen LogP contribution in [0.2, 0.25) is 0 Å². The van der Waals surface area contributed by atoms with Gasteiger partial charge in [0.25, 0.3) is 0 Å². The van der Waals surface area contributed by atoms with E-state index in [0.717, 1.165) is 36.3 Å². The van der Waals surface area contributed by atoms with E-state index in [1.54, 1.807) is 0 Å². The Balaban J connectivity index is 2.34. The predicted molar refractivity (Wildman–Crippen MR) is 102 cm³/mol. The summed E-state index contributed by atoms with van der Waals surface area (Å²) in [5.41, 5.74) is 2.79. The van der Waals surface area contributed by atoms with Crippen LogP contribution in [-0.2, 0) is 19.7 Å². The Morgan fingerprint density at radius 1 is 1.40 bits per heavy atom. The molecule has 0 radical (unpaired) electrons. The maximum Gasteiger partial charge on any atom is 0.337 e. The molecule has 1 aliphatic heterocycles. The molecule has 0 spiro atoms. The molecule has 0 bridgehead atoms. The van der Waals surface area contributed by atoms with Gasteiger partial charge in [0.05, 0.1) is 12.7 Å². The Bertz CT molecular complexity index is 712. The van der Waals surface area contributed by atoms with Crippen molar-refractivity contribution in [2.24, 2.45) is 0 Å². The van der Waals surface area contributed by atoms with Gasteiger partial charge in [-0.1, -0.05) is 45.0 Å². The van der Waals surface area contributed by atoms with E-state index < -0.39 is 0 Å². The number of benzene rings is 1. The van der Waals surface area contributed by atoms with E-state index in [-0.39, 0.29) is 11.4 Å². The van der Waals surface area contributed by atoms with Crippen molar-refractivity contribution < 1.29 is 14.3 Å². The molecule has 0 aromatic heterocycles. The van der Waals surface area contributed by atoms with Gasteiger partial charge < -0.3 is 9.47 Å². The smallest absolute Gasteiger partial charge is 0.337 e. The molecule has 2 rings (SSSR count). The van der Waals surface area contributed by atoms with Crippen LogP contribution < -0.4 is 0 Å². The number of hydrogen-bond donors (Lipinski definition) is 0. The monoisotopic (exact) mass is 340 g/mol. The molecule has 1 aromatic carbocycles. The van der Waals surface area contributed by atoms with Crippen molar-refractivity contribution in [2.75, 3.05) is 7.11 Å². The predicted octanol–water partition coefficient (Wildman–Crippen LogP) is 5.53. The van der Waals surface area contributed by atoms with Crippen molar-refractivity contribution in [1.29, 1.82) is 0 Å². The average Bonchev–Trinajstić information content (AvgIpc) is 2.67. The maximum atomic E-state index is 12.0. The van der Waals surface area contributed by atoms with E-state index in [2.05, 4.69) is 39.5 Å². The molecule has 0 saturated heterocycles. The van der Waals surface area contributed by atoms with Gasteiger partial charge in [-0.3, -0.25) is 0 Å². The lowest BCUT2D eigenvalue weighted by molar-refractivity contribution is -0.136. The second kappa shape index (κ2) is 8.19. The van der Waals surface area contributed by atoms with E-state index in [1.807, 2.05) is 24.3 Å². The summed E-state index contributed by atoms with van der Waals surface area (Å²) in [7, 11) is 1.41. The van der Waals surface area contributed by atoms with Gasteiger partial charge in [-0.25, -0.2) is 4.79 Å². The Morgan fingerprint density at radius 3 is 2.76 bits per heavy atom. The van der Waals surface area contributed by atoms with Crippen LogP contribution >= 0.6 is 0 Å². The number of ether oxygens (including phenoxy) is 2. The minimum atomic E-state index is -0.308. The van der Waals surface area contributed by atoms with Gasteiger partial charge in [-0.15, -0.1) is 6.58 Å². The second-order valence-electron chi connectivity index (χ2n) is 6.57. The fourth-order valence-electron chi connectivity index (χ4n) is 2.96. The van der Waals surface area contributed by atoms with E-state index in [0.29, 0.717) is 12.0 Å². The lowest BCUT2D eigenvalue weighted by Crippen LogP contribution is -2.17. The minimum Gasteiger partial charge on any atom is -0.466 e. The Labute approximate surface area is 151 Å². The lowest BCUT2D eigenvalue weighted by atomic mass is 9.79. The molecule has 3 nitrogen and oxygen atoms in total. The van der Waals surface area contributed by atoms with Crippen molar-refractivity contribution in [3.8, 4) is 0 Å². The Kier molecular flexibility index (Phi) is 6.24. The minimum absolute atomic E-state index is 0.0650. The maximum absolute atomic E-state index is 12.0. The van der Waals surface area contributed by atoms with Crippen molar-refractivity contribution in [3.63, 3.8) is 0 Å². The molecule has 1 unspecified atom stereocenters. The van der Waals surface area contributed by atoms with Gasteiger partial charge in [-0.05, 0) is 30.5 Å². The molecule has 0 amide bonds. The van der Waals surface area contributed by atoms with Crippen molar-refractivity contribution in [2.45, 2.75) is 51.9 Å². The SMILES string of the molecule is C=CC(C)(CC)c1cccc(C2=CCC(C(=O)OC)=C(CCC)O2)c1. The first-order chi connectivity index (χ1) is 12.0. The standard InChI is InChI=1S/C22H28O3/c1-6-10-20-18(21(23)24-5)13-14-19(25-20)16-11-9-12-17(15-16)22(4,7-2)8-3/h7,9,11-12,14-15H,2,6,8,10,13H2,1,3-5H3. The number of rotatable bonds is 7. The number of carbonyl (C=O) groups excluding carboxylic acids is 1. The highest BCUT2D eigenvalue weighted by atomic mass is 16.5. The van der Waals surface area contributed by atoms with Crippen LogP contribution in [0, 0.1) is 0 Å². The van der Waals surface area contributed by atoms with Crippen molar-refractivity contribution >= 4 is 11.7 Å². The summed E-state index contributed by atoms with van der Waals surface area (Å²) in [5.74, 6) is 1.22. The normalized spacial score (nSPS) is 16.6. The van der Waals surface area contributed by atoms with Gasteiger partial charge in [-0.2, -0.15) is 0 Å². The summed E-state index contributed by atoms with van der Waals surface area (Å²) < 4.78 is 11.0. The summed E-state index contributed by atoms with van der Waals surface area (Å²) in [5, 5.41) is 0. The van der Waals surface area contributed by atoms with Crippen LogP contribution in [0.15, 0.2) is 54.3 Å². The van der Waals surface area contributed by atoms with Crippen LogP contribution in [0.5, 0.6) is 0 Å². The number of allylic oxidation sites excluding steroid dienone is 3. The molecule has 1 aliphatic rings. The molecule has 134 valence electrons. The highest BCUT2D eigenvalue weighted by molar-refractivity contribution is 5.90. The highest BCUT2D eigenvalue weighted by Crippen LogP contribution is 2.34.